The molecule has 0 radical (unpaired) electrons. The first-order valence-electron chi connectivity index (χ1n) is 7.74. The SMILES string of the molecule is Cc1cc(C(=O)COC(=O)Cn2c(C)csc2=O)c(C)n1C(C)C. The molecular weight excluding hydrogens is 328 g/mol. The number of rotatable bonds is 6. The molecule has 2 aromatic rings. The lowest BCUT2D eigenvalue weighted by Gasteiger charge is -2.13. The summed E-state index contributed by atoms with van der Waals surface area (Å²) in [5, 5.41) is 1.68. The molecule has 2 rings (SSSR count). The van der Waals surface area contributed by atoms with Crippen molar-refractivity contribution in [1.29, 1.82) is 0 Å². The average molecular weight is 350 g/mol. The lowest BCUT2D eigenvalue weighted by Crippen LogP contribution is -2.24. The maximum Gasteiger partial charge on any atom is 0.326 e. The number of hydrogen-bond acceptors (Lipinski definition) is 5. The van der Waals surface area contributed by atoms with Crippen LogP contribution in [0.3, 0.4) is 0 Å². The van der Waals surface area contributed by atoms with Crippen LogP contribution in [0.1, 0.15) is 47.3 Å². The van der Waals surface area contributed by atoms with E-state index in [4.69, 9.17) is 4.74 Å². The smallest absolute Gasteiger partial charge is 0.326 e. The molecule has 2 heterocycles. The molecule has 0 saturated heterocycles. The molecule has 0 atom stereocenters. The van der Waals surface area contributed by atoms with Gasteiger partial charge in [0, 0.05) is 34.1 Å². The minimum absolute atomic E-state index is 0.174. The van der Waals surface area contributed by atoms with Gasteiger partial charge >= 0.3 is 10.8 Å². The van der Waals surface area contributed by atoms with Gasteiger partial charge in [-0.05, 0) is 40.7 Å². The molecule has 0 bridgehead atoms. The van der Waals surface area contributed by atoms with Crippen LogP contribution in [-0.2, 0) is 16.1 Å². The molecule has 2 aromatic heterocycles. The standard InChI is InChI=1S/C17H22N2O4S/c1-10(2)19-11(3)6-14(13(19)5)15(20)8-23-16(21)7-18-12(4)9-24-17(18)22/h6,9-10H,7-8H2,1-5H3. The zero-order chi connectivity index (χ0) is 18.0. The van der Waals surface area contributed by atoms with Crippen LogP contribution in [0.2, 0.25) is 0 Å². The first-order chi connectivity index (χ1) is 11.2. The topological polar surface area (TPSA) is 70.3 Å². The van der Waals surface area contributed by atoms with Crippen molar-refractivity contribution in [3.63, 3.8) is 0 Å². The Kier molecular flexibility index (Phi) is 5.43. The van der Waals surface area contributed by atoms with E-state index in [9.17, 15) is 14.4 Å². The summed E-state index contributed by atoms with van der Waals surface area (Å²) >= 11 is 1.03. The number of carbonyl (C=O) groups is 2. The van der Waals surface area contributed by atoms with Crippen molar-refractivity contribution >= 4 is 23.1 Å². The highest BCUT2D eigenvalue weighted by molar-refractivity contribution is 7.07. The molecule has 0 aromatic carbocycles. The van der Waals surface area contributed by atoms with E-state index in [1.165, 1.54) is 4.57 Å². The molecular formula is C17H22N2O4S. The van der Waals surface area contributed by atoms with Crippen LogP contribution < -0.4 is 4.87 Å². The summed E-state index contributed by atoms with van der Waals surface area (Å²) in [6.07, 6.45) is 0. The molecule has 0 aliphatic rings. The van der Waals surface area contributed by atoms with E-state index in [1.54, 1.807) is 12.3 Å². The maximum atomic E-state index is 12.3. The number of nitrogens with zero attached hydrogens (tertiary/aromatic N) is 2. The molecule has 7 heteroatoms. The normalized spacial score (nSPS) is 11.1. The fourth-order valence-corrected chi connectivity index (χ4v) is 3.58. The molecule has 130 valence electrons. The van der Waals surface area contributed by atoms with E-state index in [0.717, 1.165) is 22.7 Å². The number of hydrogen-bond donors (Lipinski definition) is 0. The fourth-order valence-electron chi connectivity index (χ4n) is 2.85. The van der Waals surface area contributed by atoms with Gasteiger partial charge in [-0.15, -0.1) is 0 Å². The molecule has 0 aliphatic heterocycles. The Bertz CT molecular complexity index is 826. The van der Waals surface area contributed by atoms with E-state index in [2.05, 4.69) is 18.4 Å². The molecule has 0 spiro atoms. The Morgan fingerprint density at radius 1 is 1.21 bits per heavy atom. The van der Waals surface area contributed by atoms with Gasteiger partial charge in [0.1, 0.15) is 6.54 Å². The maximum absolute atomic E-state index is 12.3. The van der Waals surface area contributed by atoms with E-state index in [0.29, 0.717) is 11.3 Å². The molecule has 0 aliphatic carbocycles. The van der Waals surface area contributed by atoms with Crippen LogP contribution in [0.25, 0.3) is 0 Å². The Morgan fingerprint density at radius 2 is 1.88 bits per heavy atom. The summed E-state index contributed by atoms with van der Waals surface area (Å²) in [6.45, 7) is 9.19. The molecule has 0 amide bonds. The second-order valence-corrected chi connectivity index (χ2v) is 6.88. The van der Waals surface area contributed by atoms with Crippen molar-refractivity contribution in [2.75, 3.05) is 6.61 Å². The van der Waals surface area contributed by atoms with E-state index < -0.39 is 5.97 Å². The highest BCUT2D eigenvalue weighted by Crippen LogP contribution is 2.20. The van der Waals surface area contributed by atoms with Crippen LogP contribution in [0.15, 0.2) is 16.2 Å². The van der Waals surface area contributed by atoms with E-state index in [1.807, 2.05) is 19.9 Å². The van der Waals surface area contributed by atoms with Gasteiger partial charge in [-0.3, -0.25) is 19.0 Å². The summed E-state index contributed by atoms with van der Waals surface area (Å²) in [6, 6.07) is 2.07. The molecule has 0 N–H and O–H groups in total. The van der Waals surface area contributed by atoms with Crippen molar-refractivity contribution < 1.29 is 14.3 Å². The molecule has 0 unspecified atom stereocenters. The number of ether oxygens (including phenoxy) is 1. The molecule has 24 heavy (non-hydrogen) atoms. The van der Waals surface area contributed by atoms with Gasteiger partial charge in [0.25, 0.3) is 0 Å². The molecule has 6 nitrogen and oxygen atoms in total. The largest absolute Gasteiger partial charge is 0.456 e. The summed E-state index contributed by atoms with van der Waals surface area (Å²) in [4.78, 5) is 35.6. The zero-order valence-corrected chi connectivity index (χ0v) is 15.4. The quantitative estimate of drug-likeness (QED) is 0.593. The Morgan fingerprint density at radius 3 is 2.38 bits per heavy atom. The van der Waals surface area contributed by atoms with Crippen LogP contribution in [0.4, 0.5) is 0 Å². The number of esters is 1. The van der Waals surface area contributed by atoms with Crippen LogP contribution in [-0.4, -0.2) is 27.5 Å². The monoisotopic (exact) mass is 350 g/mol. The van der Waals surface area contributed by atoms with Crippen LogP contribution in [0.5, 0.6) is 0 Å². The zero-order valence-electron chi connectivity index (χ0n) is 14.6. The number of aryl methyl sites for hydroxylation is 2. The van der Waals surface area contributed by atoms with E-state index >= 15 is 0 Å². The van der Waals surface area contributed by atoms with Crippen LogP contribution >= 0.6 is 11.3 Å². The fraction of sp³-hybridized carbons (Fsp3) is 0.471. The van der Waals surface area contributed by atoms with Crippen molar-refractivity contribution in [2.45, 2.75) is 47.2 Å². The Labute approximate surface area is 144 Å². The van der Waals surface area contributed by atoms with E-state index in [-0.39, 0.29) is 29.8 Å². The van der Waals surface area contributed by atoms with Gasteiger partial charge in [0.05, 0.1) is 0 Å². The third-order valence-corrected chi connectivity index (χ3v) is 4.81. The number of Topliss-reactive ketones (excluding diaryl/α,β-unsaturated/α-hetero) is 1. The Balaban J connectivity index is 2.02. The lowest BCUT2D eigenvalue weighted by molar-refractivity contribution is -0.143. The third kappa shape index (κ3) is 3.67. The first-order valence-corrected chi connectivity index (χ1v) is 8.62. The van der Waals surface area contributed by atoms with Gasteiger partial charge in [-0.2, -0.15) is 0 Å². The molecule has 0 fully saturated rings. The van der Waals surface area contributed by atoms with Gasteiger partial charge in [-0.1, -0.05) is 11.3 Å². The number of carbonyl (C=O) groups excluding carboxylic acids is 2. The minimum atomic E-state index is -0.593. The summed E-state index contributed by atoms with van der Waals surface area (Å²) in [7, 11) is 0. The summed E-state index contributed by atoms with van der Waals surface area (Å²) in [5.74, 6) is -0.831. The highest BCUT2D eigenvalue weighted by Gasteiger charge is 2.19. The third-order valence-electron chi connectivity index (χ3n) is 3.93. The minimum Gasteiger partial charge on any atom is -0.456 e. The second-order valence-electron chi connectivity index (χ2n) is 6.06. The summed E-state index contributed by atoms with van der Waals surface area (Å²) < 4.78 is 8.46. The van der Waals surface area contributed by atoms with Gasteiger partial charge in [-0.25, -0.2) is 0 Å². The number of ketones is 1. The van der Waals surface area contributed by atoms with Crippen molar-refractivity contribution in [1.82, 2.24) is 9.13 Å². The Hall–Kier alpha value is -2.15. The average Bonchev–Trinajstić information content (AvgIpc) is 2.98. The van der Waals surface area contributed by atoms with Gasteiger partial charge < -0.3 is 9.30 Å². The van der Waals surface area contributed by atoms with Gasteiger partial charge in [0.15, 0.2) is 6.61 Å². The van der Waals surface area contributed by atoms with Crippen molar-refractivity contribution in [2.24, 2.45) is 0 Å². The van der Waals surface area contributed by atoms with Crippen molar-refractivity contribution in [3.8, 4) is 0 Å². The van der Waals surface area contributed by atoms with Crippen molar-refractivity contribution in [3.05, 3.63) is 43.8 Å². The van der Waals surface area contributed by atoms with Crippen LogP contribution in [0, 0.1) is 20.8 Å². The molecule has 0 saturated carbocycles. The van der Waals surface area contributed by atoms with Gasteiger partial charge in [0.2, 0.25) is 5.78 Å². The number of aromatic nitrogens is 2. The highest BCUT2D eigenvalue weighted by atomic mass is 32.1. The predicted octanol–water partition coefficient (Wildman–Crippen LogP) is 2.64. The predicted molar refractivity (Wildman–Crippen MR) is 92.9 cm³/mol. The first kappa shape index (κ1) is 18.2. The summed E-state index contributed by atoms with van der Waals surface area (Å²) in [5.41, 5.74) is 3.14. The second kappa shape index (κ2) is 7.17. The lowest BCUT2D eigenvalue weighted by atomic mass is 10.1. The number of thiazole rings is 1.